The molecule has 6 heteroatoms. The monoisotopic (exact) mass is 302 g/mol. The SMILES string of the molecule is O=C1Cc2ccc(N3CCOCC3)nc2CN2CCNCC12. The van der Waals surface area contributed by atoms with Crippen LogP contribution in [0.15, 0.2) is 12.1 Å². The van der Waals surface area contributed by atoms with Gasteiger partial charge in [-0.05, 0) is 11.6 Å². The zero-order chi connectivity index (χ0) is 14.9. The van der Waals surface area contributed by atoms with E-state index in [1.165, 1.54) is 0 Å². The minimum absolute atomic E-state index is 0.00906. The van der Waals surface area contributed by atoms with E-state index in [-0.39, 0.29) is 6.04 Å². The Balaban J connectivity index is 1.62. The number of piperazine rings is 1. The third kappa shape index (κ3) is 2.62. The summed E-state index contributed by atoms with van der Waals surface area (Å²) in [4.78, 5) is 21.9. The first-order chi connectivity index (χ1) is 10.8. The fourth-order valence-electron chi connectivity index (χ4n) is 3.54. The van der Waals surface area contributed by atoms with Crippen molar-refractivity contribution in [3.63, 3.8) is 0 Å². The van der Waals surface area contributed by atoms with Crippen LogP contribution in [0.1, 0.15) is 11.3 Å². The van der Waals surface area contributed by atoms with E-state index in [0.29, 0.717) is 12.2 Å². The van der Waals surface area contributed by atoms with Crippen molar-refractivity contribution < 1.29 is 9.53 Å². The standard InChI is InChI=1S/C16H22N4O2/c21-15-9-12-1-2-16(19-5-7-22-8-6-19)18-13(12)11-20-4-3-17-10-14(15)20/h1-2,14,17H,3-11H2. The van der Waals surface area contributed by atoms with Crippen molar-refractivity contribution in [1.82, 2.24) is 15.2 Å². The summed E-state index contributed by atoms with van der Waals surface area (Å²) in [5.74, 6) is 1.33. The van der Waals surface area contributed by atoms with Gasteiger partial charge in [-0.3, -0.25) is 9.69 Å². The van der Waals surface area contributed by atoms with E-state index in [9.17, 15) is 4.79 Å². The lowest BCUT2D eigenvalue weighted by Gasteiger charge is -2.33. The van der Waals surface area contributed by atoms with Gasteiger partial charge in [0.2, 0.25) is 0 Å². The first-order valence-corrected chi connectivity index (χ1v) is 8.10. The second-order valence-corrected chi connectivity index (χ2v) is 6.21. The molecule has 0 saturated carbocycles. The van der Waals surface area contributed by atoms with E-state index in [1.54, 1.807) is 0 Å². The Morgan fingerprint density at radius 2 is 2.09 bits per heavy atom. The summed E-state index contributed by atoms with van der Waals surface area (Å²) >= 11 is 0. The number of anilines is 1. The summed E-state index contributed by atoms with van der Waals surface area (Å²) in [5.41, 5.74) is 2.16. The van der Waals surface area contributed by atoms with Crippen LogP contribution in [0.3, 0.4) is 0 Å². The highest BCUT2D eigenvalue weighted by molar-refractivity contribution is 5.87. The molecule has 1 aromatic rings. The van der Waals surface area contributed by atoms with Crippen LogP contribution >= 0.6 is 0 Å². The largest absolute Gasteiger partial charge is 0.378 e. The van der Waals surface area contributed by atoms with Crippen LogP contribution in [0.25, 0.3) is 0 Å². The molecule has 4 rings (SSSR count). The minimum atomic E-state index is 0.00906. The van der Waals surface area contributed by atoms with Crippen molar-refractivity contribution in [3.8, 4) is 0 Å². The van der Waals surface area contributed by atoms with Crippen LogP contribution in [0.5, 0.6) is 0 Å². The zero-order valence-electron chi connectivity index (χ0n) is 12.8. The number of aromatic nitrogens is 1. The first-order valence-electron chi connectivity index (χ1n) is 8.10. The third-order valence-electron chi connectivity index (χ3n) is 4.83. The number of hydrogen-bond donors (Lipinski definition) is 1. The summed E-state index contributed by atoms with van der Waals surface area (Å²) in [6, 6.07) is 4.16. The fourth-order valence-corrected chi connectivity index (χ4v) is 3.54. The van der Waals surface area contributed by atoms with Gasteiger partial charge in [0.15, 0.2) is 5.78 Å². The van der Waals surface area contributed by atoms with Crippen molar-refractivity contribution in [2.75, 3.05) is 50.8 Å². The molecule has 1 atom stereocenters. The highest BCUT2D eigenvalue weighted by atomic mass is 16.5. The number of rotatable bonds is 1. The number of Topliss-reactive ketones (excluding diaryl/α,β-unsaturated/α-hetero) is 1. The number of nitrogens with zero attached hydrogens (tertiary/aromatic N) is 3. The molecular weight excluding hydrogens is 280 g/mol. The molecule has 1 N–H and O–H groups in total. The molecule has 0 radical (unpaired) electrons. The van der Waals surface area contributed by atoms with Crippen molar-refractivity contribution in [1.29, 1.82) is 0 Å². The maximum absolute atomic E-state index is 12.5. The quantitative estimate of drug-likeness (QED) is 0.776. The lowest BCUT2D eigenvalue weighted by atomic mass is 10.0. The van der Waals surface area contributed by atoms with Gasteiger partial charge in [-0.15, -0.1) is 0 Å². The van der Waals surface area contributed by atoms with Crippen LogP contribution in [0, 0.1) is 0 Å². The van der Waals surface area contributed by atoms with Gasteiger partial charge in [-0.2, -0.15) is 0 Å². The normalized spacial score (nSPS) is 26.3. The van der Waals surface area contributed by atoms with Crippen LogP contribution in [-0.4, -0.2) is 67.6 Å². The highest BCUT2D eigenvalue weighted by Gasteiger charge is 2.32. The van der Waals surface area contributed by atoms with Crippen LogP contribution < -0.4 is 10.2 Å². The zero-order valence-corrected chi connectivity index (χ0v) is 12.8. The number of carbonyl (C=O) groups is 1. The Bertz CT molecular complexity index is 571. The molecule has 3 aliphatic rings. The number of pyridine rings is 1. The molecular formula is C16H22N4O2. The number of carbonyl (C=O) groups excluding carboxylic acids is 1. The van der Waals surface area contributed by atoms with Crippen molar-refractivity contribution in [3.05, 3.63) is 23.4 Å². The Morgan fingerprint density at radius 3 is 2.95 bits per heavy atom. The number of nitrogens with one attached hydrogen (secondary N) is 1. The van der Waals surface area contributed by atoms with Crippen molar-refractivity contribution in [2.45, 2.75) is 19.0 Å². The molecule has 0 amide bonds. The van der Waals surface area contributed by atoms with Crippen molar-refractivity contribution in [2.24, 2.45) is 0 Å². The molecule has 2 saturated heterocycles. The smallest absolute Gasteiger partial charge is 0.155 e. The Kier molecular flexibility index (Phi) is 3.82. The summed E-state index contributed by atoms with van der Waals surface area (Å²) in [5, 5.41) is 3.33. The molecule has 0 spiro atoms. The highest BCUT2D eigenvalue weighted by Crippen LogP contribution is 2.23. The molecule has 22 heavy (non-hydrogen) atoms. The van der Waals surface area contributed by atoms with Gasteiger partial charge >= 0.3 is 0 Å². The van der Waals surface area contributed by atoms with E-state index in [4.69, 9.17) is 9.72 Å². The van der Waals surface area contributed by atoms with Gasteiger partial charge < -0.3 is 15.0 Å². The van der Waals surface area contributed by atoms with Gasteiger partial charge in [0.25, 0.3) is 0 Å². The van der Waals surface area contributed by atoms with Gasteiger partial charge in [-0.25, -0.2) is 4.98 Å². The van der Waals surface area contributed by atoms with Crippen molar-refractivity contribution >= 4 is 11.6 Å². The van der Waals surface area contributed by atoms with Crippen LogP contribution in [0.4, 0.5) is 5.82 Å². The van der Waals surface area contributed by atoms with E-state index < -0.39 is 0 Å². The Labute approximate surface area is 130 Å². The van der Waals surface area contributed by atoms with E-state index >= 15 is 0 Å². The number of fused-ring (bicyclic) bond motifs is 2. The summed E-state index contributed by atoms with van der Waals surface area (Å²) in [6.45, 7) is 6.71. The van der Waals surface area contributed by atoms with Crippen LogP contribution in [-0.2, 0) is 22.5 Å². The molecule has 118 valence electrons. The predicted octanol–water partition coefficient (Wildman–Crippen LogP) is -0.183. The molecule has 1 aromatic heterocycles. The maximum atomic E-state index is 12.5. The van der Waals surface area contributed by atoms with Gasteiger partial charge in [0.1, 0.15) is 5.82 Å². The van der Waals surface area contributed by atoms with E-state index in [1.807, 2.05) is 0 Å². The molecule has 1 unspecified atom stereocenters. The molecule has 0 aliphatic carbocycles. The predicted molar refractivity (Wildman–Crippen MR) is 83.0 cm³/mol. The lowest BCUT2D eigenvalue weighted by Crippen LogP contribution is -2.53. The fraction of sp³-hybridized carbons (Fsp3) is 0.625. The molecule has 3 aliphatic heterocycles. The summed E-state index contributed by atoms with van der Waals surface area (Å²) in [6.07, 6.45) is 0.509. The Morgan fingerprint density at radius 1 is 1.23 bits per heavy atom. The molecule has 4 heterocycles. The minimum Gasteiger partial charge on any atom is -0.378 e. The third-order valence-corrected chi connectivity index (χ3v) is 4.83. The molecule has 0 aromatic carbocycles. The topological polar surface area (TPSA) is 57.7 Å². The summed E-state index contributed by atoms with van der Waals surface area (Å²) < 4.78 is 5.41. The second kappa shape index (κ2) is 5.95. The number of morpholine rings is 1. The van der Waals surface area contributed by atoms with Gasteiger partial charge in [0, 0.05) is 45.7 Å². The molecule has 6 nitrogen and oxygen atoms in total. The molecule has 0 bridgehead atoms. The molecule has 2 fully saturated rings. The summed E-state index contributed by atoms with van der Waals surface area (Å²) in [7, 11) is 0. The average molecular weight is 302 g/mol. The number of ether oxygens (including phenoxy) is 1. The van der Waals surface area contributed by atoms with Gasteiger partial charge in [-0.1, -0.05) is 6.07 Å². The number of hydrogen-bond acceptors (Lipinski definition) is 6. The lowest BCUT2D eigenvalue weighted by molar-refractivity contribution is -0.124. The van der Waals surface area contributed by atoms with Crippen LogP contribution in [0.2, 0.25) is 0 Å². The van der Waals surface area contributed by atoms with Gasteiger partial charge in [0.05, 0.1) is 24.9 Å². The number of ketones is 1. The second-order valence-electron chi connectivity index (χ2n) is 6.21. The first kappa shape index (κ1) is 14.1. The average Bonchev–Trinajstić information content (AvgIpc) is 2.71. The van der Waals surface area contributed by atoms with E-state index in [0.717, 1.165) is 69.6 Å². The Hall–Kier alpha value is -1.50. The maximum Gasteiger partial charge on any atom is 0.155 e. The van der Waals surface area contributed by atoms with E-state index in [2.05, 4.69) is 27.2 Å².